The van der Waals surface area contributed by atoms with E-state index in [1.807, 2.05) is 37.3 Å². The number of hydrogen-bond acceptors (Lipinski definition) is 5. The van der Waals surface area contributed by atoms with Crippen molar-refractivity contribution in [3.8, 4) is 0 Å². The highest BCUT2D eigenvalue weighted by Crippen LogP contribution is 2.15. The minimum Gasteiger partial charge on any atom is -0.444 e. The van der Waals surface area contributed by atoms with E-state index in [0.717, 1.165) is 51.1 Å². The largest absolute Gasteiger partial charge is 0.444 e. The number of ether oxygens (including phenoxy) is 1. The lowest BCUT2D eigenvalue weighted by atomic mass is 10.1. The van der Waals surface area contributed by atoms with E-state index in [1.165, 1.54) is 0 Å². The van der Waals surface area contributed by atoms with Gasteiger partial charge in [-0.15, -0.1) is 10.2 Å². The van der Waals surface area contributed by atoms with Gasteiger partial charge in [-0.25, -0.2) is 4.79 Å². The molecule has 7 nitrogen and oxygen atoms in total. The second-order valence-corrected chi connectivity index (χ2v) is 7.16. The van der Waals surface area contributed by atoms with Crippen molar-refractivity contribution in [2.45, 2.75) is 58.1 Å². The minimum atomic E-state index is -0.433. The third-order valence-electron chi connectivity index (χ3n) is 3.97. The van der Waals surface area contributed by atoms with E-state index in [0.29, 0.717) is 6.04 Å². The highest BCUT2D eigenvalue weighted by molar-refractivity contribution is 5.68. The molecule has 2 heterocycles. The van der Waals surface area contributed by atoms with E-state index < -0.39 is 5.60 Å². The summed E-state index contributed by atoms with van der Waals surface area (Å²) in [7, 11) is 1.96. The number of aryl methyl sites for hydroxylation is 1. The van der Waals surface area contributed by atoms with Crippen LogP contribution >= 0.6 is 0 Å². The molecule has 1 saturated heterocycles. The van der Waals surface area contributed by atoms with Gasteiger partial charge >= 0.3 is 6.09 Å². The van der Waals surface area contributed by atoms with Crippen LogP contribution in [0.25, 0.3) is 0 Å². The first-order valence-corrected chi connectivity index (χ1v) is 8.39. The number of aromatic nitrogens is 3. The summed E-state index contributed by atoms with van der Waals surface area (Å²) >= 11 is 0. The van der Waals surface area contributed by atoms with Crippen molar-refractivity contribution in [1.29, 1.82) is 0 Å². The smallest absolute Gasteiger partial charge is 0.410 e. The number of likely N-dealkylation sites (tertiary alicyclic amines) is 1. The molecule has 1 amide bonds. The van der Waals surface area contributed by atoms with Crippen LogP contribution in [0.2, 0.25) is 0 Å². The van der Waals surface area contributed by atoms with Crippen molar-refractivity contribution in [3.63, 3.8) is 0 Å². The van der Waals surface area contributed by atoms with E-state index >= 15 is 0 Å². The molecule has 1 atom stereocenters. The lowest BCUT2D eigenvalue weighted by Crippen LogP contribution is -2.38. The van der Waals surface area contributed by atoms with Crippen LogP contribution in [0.1, 0.15) is 45.9 Å². The van der Waals surface area contributed by atoms with Crippen molar-refractivity contribution in [3.05, 3.63) is 12.2 Å². The molecule has 1 aromatic heterocycles. The van der Waals surface area contributed by atoms with Gasteiger partial charge in [0.15, 0.2) is 0 Å². The maximum absolute atomic E-state index is 12.1. The Hall–Kier alpha value is -1.63. The average Bonchev–Trinajstić information content (AvgIpc) is 2.72. The molecule has 0 aromatic carbocycles. The van der Waals surface area contributed by atoms with E-state index in [2.05, 4.69) is 15.5 Å². The van der Waals surface area contributed by atoms with Crippen LogP contribution < -0.4 is 5.32 Å². The van der Waals surface area contributed by atoms with Crippen LogP contribution in [0.3, 0.4) is 0 Å². The predicted octanol–water partition coefficient (Wildman–Crippen LogP) is 1.74. The molecule has 0 bridgehead atoms. The maximum Gasteiger partial charge on any atom is 0.410 e. The zero-order valence-corrected chi connectivity index (χ0v) is 14.7. The van der Waals surface area contributed by atoms with Gasteiger partial charge in [0.2, 0.25) is 0 Å². The maximum atomic E-state index is 12.1. The van der Waals surface area contributed by atoms with E-state index in [9.17, 15) is 4.79 Å². The van der Waals surface area contributed by atoms with Crippen LogP contribution in [-0.2, 0) is 18.2 Å². The van der Waals surface area contributed by atoms with Crippen molar-refractivity contribution in [2.24, 2.45) is 7.05 Å². The van der Waals surface area contributed by atoms with Crippen molar-refractivity contribution in [1.82, 2.24) is 25.0 Å². The molecule has 2 rings (SSSR count). The van der Waals surface area contributed by atoms with Gasteiger partial charge in [0, 0.05) is 39.1 Å². The SMILES string of the molecule is Cn1cnnc1CCNC1CCCN(C(=O)OC(C)(C)C)CC1. The Morgan fingerprint density at radius 3 is 2.83 bits per heavy atom. The van der Waals surface area contributed by atoms with Gasteiger partial charge < -0.3 is 19.5 Å². The molecular formula is C16H29N5O2. The lowest BCUT2D eigenvalue weighted by Gasteiger charge is -2.26. The van der Waals surface area contributed by atoms with Crippen molar-refractivity contribution >= 4 is 6.09 Å². The molecule has 1 aliphatic rings. The van der Waals surface area contributed by atoms with E-state index in [4.69, 9.17) is 4.74 Å². The molecule has 0 radical (unpaired) electrons. The molecule has 1 N–H and O–H groups in total. The van der Waals surface area contributed by atoms with Gasteiger partial charge in [-0.05, 0) is 40.0 Å². The first kappa shape index (κ1) is 17.7. The van der Waals surface area contributed by atoms with Crippen LogP contribution in [0.4, 0.5) is 4.79 Å². The predicted molar refractivity (Wildman–Crippen MR) is 88.2 cm³/mol. The molecule has 0 spiro atoms. The Morgan fingerprint density at radius 2 is 2.17 bits per heavy atom. The first-order chi connectivity index (χ1) is 10.8. The second-order valence-electron chi connectivity index (χ2n) is 7.16. The summed E-state index contributed by atoms with van der Waals surface area (Å²) < 4.78 is 7.40. The quantitative estimate of drug-likeness (QED) is 0.914. The highest BCUT2D eigenvalue weighted by Gasteiger charge is 2.24. The molecule has 1 unspecified atom stereocenters. The Balaban J connectivity index is 1.73. The number of nitrogens with one attached hydrogen (secondary N) is 1. The summed E-state index contributed by atoms with van der Waals surface area (Å²) in [5, 5.41) is 11.6. The molecular weight excluding hydrogens is 294 g/mol. The number of nitrogens with zero attached hydrogens (tertiary/aromatic N) is 4. The Labute approximate surface area is 138 Å². The molecule has 7 heteroatoms. The Bertz CT molecular complexity index is 509. The second kappa shape index (κ2) is 7.77. The van der Waals surface area contributed by atoms with Crippen molar-refractivity contribution in [2.75, 3.05) is 19.6 Å². The van der Waals surface area contributed by atoms with Gasteiger partial charge in [-0.3, -0.25) is 0 Å². The molecule has 1 fully saturated rings. The van der Waals surface area contributed by atoms with Crippen LogP contribution in [0.15, 0.2) is 6.33 Å². The summed E-state index contributed by atoms with van der Waals surface area (Å²) in [5.41, 5.74) is -0.433. The third-order valence-corrected chi connectivity index (χ3v) is 3.97. The normalized spacial score (nSPS) is 19.5. The van der Waals surface area contributed by atoms with Crippen LogP contribution in [0.5, 0.6) is 0 Å². The molecule has 0 saturated carbocycles. The molecule has 1 aliphatic heterocycles. The molecule has 1 aromatic rings. The van der Waals surface area contributed by atoms with Crippen LogP contribution in [0, 0.1) is 0 Å². The number of rotatable bonds is 4. The summed E-state index contributed by atoms with van der Waals surface area (Å²) in [6, 6.07) is 0.440. The first-order valence-electron chi connectivity index (χ1n) is 8.39. The molecule has 0 aliphatic carbocycles. The minimum absolute atomic E-state index is 0.197. The van der Waals surface area contributed by atoms with Gasteiger partial charge in [-0.2, -0.15) is 0 Å². The number of hydrogen-bond donors (Lipinski definition) is 1. The van der Waals surface area contributed by atoms with Gasteiger partial charge in [0.25, 0.3) is 0 Å². The fourth-order valence-electron chi connectivity index (χ4n) is 2.73. The topological polar surface area (TPSA) is 72.3 Å². The summed E-state index contributed by atoms with van der Waals surface area (Å²) in [4.78, 5) is 14.0. The van der Waals surface area contributed by atoms with E-state index in [1.54, 1.807) is 6.33 Å². The number of carbonyl (C=O) groups excluding carboxylic acids is 1. The zero-order valence-electron chi connectivity index (χ0n) is 14.7. The molecule has 130 valence electrons. The number of carbonyl (C=O) groups is 1. The summed E-state index contributed by atoms with van der Waals surface area (Å²) in [5.74, 6) is 0.988. The van der Waals surface area contributed by atoms with Gasteiger partial charge in [-0.1, -0.05) is 0 Å². The van der Waals surface area contributed by atoms with Gasteiger partial charge in [0.05, 0.1) is 0 Å². The Morgan fingerprint density at radius 1 is 1.39 bits per heavy atom. The third kappa shape index (κ3) is 5.82. The lowest BCUT2D eigenvalue weighted by molar-refractivity contribution is 0.0256. The fraction of sp³-hybridized carbons (Fsp3) is 0.812. The van der Waals surface area contributed by atoms with Crippen LogP contribution in [-0.4, -0.2) is 57.0 Å². The highest BCUT2D eigenvalue weighted by atomic mass is 16.6. The fourth-order valence-corrected chi connectivity index (χ4v) is 2.73. The Kier molecular flexibility index (Phi) is 5.98. The monoisotopic (exact) mass is 323 g/mol. The van der Waals surface area contributed by atoms with Crippen molar-refractivity contribution < 1.29 is 9.53 Å². The standard InChI is InChI=1S/C16H29N5O2/c1-16(2,3)23-15(22)21-10-5-6-13(8-11-21)17-9-7-14-19-18-12-20(14)4/h12-13,17H,5-11H2,1-4H3. The summed E-state index contributed by atoms with van der Waals surface area (Å²) in [6.45, 7) is 8.11. The number of amides is 1. The average molecular weight is 323 g/mol. The zero-order chi connectivity index (χ0) is 16.9. The van der Waals surface area contributed by atoms with Gasteiger partial charge in [0.1, 0.15) is 17.8 Å². The molecule has 23 heavy (non-hydrogen) atoms. The summed E-state index contributed by atoms with van der Waals surface area (Å²) in [6.07, 6.45) is 5.43. The van der Waals surface area contributed by atoms with E-state index in [-0.39, 0.29) is 6.09 Å².